The lowest BCUT2D eigenvalue weighted by Crippen LogP contribution is -2.23. The van der Waals surface area contributed by atoms with Crippen LogP contribution in [0, 0.1) is 6.92 Å². The fourth-order valence-corrected chi connectivity index (χ4v) is 2.91. The molecule has 1 atom stereocenters. The number of likely N-dealkylation sites (tertiary alicyclic amines) is 1. The van der Waals surface area contributed by atoms with Crippen molar-refractivity contribution in [2.45, 2.75) is 51.1 Å². The highest BCUT2D eigenvalue weighted by Crippen LogP contribution is 2.38. The Balaban J connectivity index is 1.48. The van der Waals surface area contributed by atoms with Crippen LogP contribution in [0.3, 0.4) is 0 Å². The minimum Gasteiger partial charge on any atom is -0.361 e. The summed E-state index contributed by atoms with van der Waals surface area (Å²) in [6, 6.07) is 2.33. The van der Waals surface area contributed by atoms with E-state index in [-0.39, 0.29) is 0 Å². The van der Waals surface area contributed by atoms with Gasteiger partial charge in [-0.05, 0) is 39.2 Å². The van der Waals surface area contributed by atoms with E-state index in [9.17, 15) is 0 Å². The van der Waals surface area contributed by atoms with Gasteiger partial charge >= 0.3 is 0 Å². The molecule has 2 fully saturated rings. The van der Waals surface area contributed by atoms with Gasteiger partial charge in [0.25, 0.3) is 0 Å². The largest absolute Gasteiger partial charge is 0.361 e. The van der Waals surface area contributed by atoms with Crippen molar-refractivity contribution in [3.63, 3.8) is 0 Å². The van der Waals surface area contributed by atoms with Crippen molar-refractivity contribution in [1.29, 1.82) is 0 Å². The molecule has 0 amide bonds. The Morgan fingerprint density at radius 2 is 2.15 bits per heavy atom. The second kappa shape index (κ2) is 4.70. The Hall–Kier alpha value is -1.69. The van der Waals surface area contributed by atoms with E-state index in [1.165, 1.54) is 19.3 Å². The lowest BCUT2D eigenvalue weighted by Gasteiger charge is -2.20. The molecule has 106 valence electrons. The lowest BCUT2D eigenvalue weighted by molar-refractivity contribution is 0.205. The van der Waals surface area contributed by atoms with Crippen LogP contribution in [0.5, 0.6) is 0 Å². The Morgan fingerprint density at radius 3 is 2.90 bits per heavy atom. The van der Waals surface area contributed by atoms with Gasteiger partial charge < -0.3 is 9.05 Å². The van der Waals surface area contributed by atoms with Crippen LogP contribution < -0.4 is 0 Å². The molecule has 1 aliphatic carbocycles. The first kappa shape index (κ1) is 12.1. The normalized spacial score (nSPS) is 23.6. The highest BCUT2D eigenvalue weighted by atomic mass is 16.5. The van der Waals surface area contributed by atoms with Gasteiger partial charge in [0.1, 0.15) is 11.5 Å². The van der Waals surface area contributed by atoms with Gasteiger partial charge in [-0.1, -0.05) is 10.3 Å². The third kappa shape index (κ3) is 2.24. The van der Waals surface area contributed by atoms with Crippen molar-refractivity contribution < 1.29 is 9.05 Å². The molecule has 0 spiro atoms. The number of hydrogen-bond acceptors (Lipinski definition) is 6. The first-order chi connectivity index (χ1) is 9.79. The van der Waals surface area contributed by atoms with Crippen LogP contribution in [-0.4, -0.2) is 26.7 Å². The maximum atomic E-state index is 5.37. The van der Waals surface area contributed by atoms with Gasteiger partial charge in [-0.25, -0.2) is 0 Å². The quantitative estimate of drug-likeness (QED) is 0.853. The van der Waals surface area contributed by atoms with E-state index in [0.29, 0.717) is 18.5 Å². The van der Waals surface area contributed by atoms with Crippen molar-refractivity contribution in [3.8, 4) is 0 Å². The maximum absolute atomic E-state index is 5.37. The van der Waals surface area contributed by atoms with Crippen LogP contribution in [0.25, 0.3) is 0 Å². The van der Waals surface area contributed by atoms with Gasteiger partial charge in [0, 0.05) is 12.0 Å². The Bertz CT molecular complexity index is 602. The minimum atomic E-state index is 0.309. The second-order valence-corrected chi connectivity index (χ2v) is 5.81. The summed E-state index contributed by atoms with van der Waals surface area (Å²) in [5, 5.41) is 8.22. The van der Waals surface area contributed by atoms with Crippen molar-refractivity contribution in [2.24, 2.45) is 0 Å². The Kier molecular flexibility index (Phi) is 2.84. The fourth-order valence-electron chi connectivity index (χ4n) is 2.91. The number of hydrogen-bond donors (Lipinski definition) is 0. The molecule has 0 radical (unpaired) electrons. The predicted octanol–water partition coefficient (Wildman–Crippen LogP) is 2.58. The molecule has 1 unspecified atom stereocenters. The van der Waals surface area contributed by atoms with Crippen molar-refractivity contribution >= 4 is 0 Å². The molecule has 20 heavy (non-hydrogen) atoms. The molecule has 6 heteroatoms. The van der Waals surface area contributed by atoms with Gasteiger partial charge in [-0.15, -0.1) is 0 Å². The minimum absolute atomic E-state index is 0.309. The summed E-state index contributed by atoms with van der Waals surface area (Å²) in [6.45, 7) is 3.67. The molecule has 6 nitrogen and oxygen atoms in total. The first-order valence-electron chi connectivity index (χ1n) is 7.29. The molecule has 0 bridgehead atoms. The molecule has 4 rings (SSSR count). The average Bonchev–Trinajstić information content (AvgIpc) is 2.86. The van der Waals surface area contributed by atoms with Gasteiger partial charge in [0.05, 0.1) is 12.6 Å². The summed E-state index contributed by atoms with van der Waals surface area (Å²) in [5.74, 6) is 3.01. The summed E-state index contributed by atoms with van der Waals surface area (Å²) in [5.41, 5.74) is 1.02. The van der Waals surface area contributed by atoms with Crippen molar-refractivity contribution in [3.05, 3.63) is 29.2 Å². The molecular formula is C14H18N4O2. The standard InChI is InChI=1S/C14H18N4O2/c1-9-7-11(16-19-9)12-3-2-6-18(12)8-13-15-14(17-20-13)10-4-5-10/h7,10,12H,2-6,8H2,1H3. The third-order valence-electron chi connectivity index (χ3n) is 4.12. The lowest BCUT2D eigenvalue weighted by atomic mass is 10.1. The van der Waals surface area contributed by atoms with Crippen LogP contribution in [0.4, 0.5) is 0 Å². The molecule has 1 saturated heterocycles. The van der Waals surface area contributed by atoms with E-state index in [1.807, 2.05) is 13.0 Å². The van der Waals surface area contributed by atoms with Crippen LogP contribution in [0.2, 0.25) is 0 Å². The highest BCUT2D eigenvalue weighted by Gasteiger charge is 2.32. The molecule has 1 aliphatic heterocycles. The third-order valence-corrected chi connectivity index (χ3v) is 4.12. The van der Waals surface area contributed by atoms with E-state index in [0.717, 1.165) is 36.1 Å². The van der Waals surface area contributed by atoms with Crippen molar-refractivity contribution in [2.75, 3.05) is 6.54 Å². The van der Waals surface area contributed by atoms with Crippen molar-refractivity contribution in [1.82, 2.24) is 20.2 Å². The molecule has 0 N–H and O–H groups in total. The maximum Gasteiger partial charge on any atom is 0.240 e. The number of nitrogens with zero attached hydrogens (tertiary/aromatic N) is 4. The Labute approximate surface area is 117 Å². The fraction of sp³-hybridized carbons (Fsp3) is 0.643. The molecule has 2 aromatic rings. The molecular weight excluding hydrogens is 256 g/mol. The van der Waals surface area contributed by atoms with Gasteiger partial charge in [-0.3, -0.25) is 4.90 Å². The summed E-state index contributed by atoms with van der Waals surface area (Å²) in [7, 11) is 0. The number of aryl methyl sites for hydroxylation is 1. The van der Waals surface area contributed by atoms with Gasteiger partial charge in [0.15, 0.2) is 5.82 Å². The molecule has 2 aromatic heterocycles. The van der Waals surface area contributed by atoms with E-state index < -0.39 is 0 Å². The highest BCUT2D eigenvalue weighted by molar-refractivity contribution is 5.11. The average molecular weight is 274 g/mol. The van der Waals surface area contributed by atoms with Gasteiger partial charge in [0.2, 0.25) is 5.89 Å². The van der Waals surface area contributed by atoms with E-state index in [1.54, 1.807) is 0 Å². The van der Waals surface area contributed by atoms with Crippen LogP contribution >= 0.6 is 0 Å². The molecule has 0 aromatic carbocycles. The predicted molar refractivity (Wildman–Crippen MR) is 69.9 cm³/mol. The molecule has 2 aliphatic rings. The summed E-state index contributed by atoms with van der Waals surface area (Å²) < 4.78 is 10.6. The monoisotopic (exact) mass is 274 g/mol. The Morgan fingerprint density at radius 1 is 1.25 bits per heavy atom. The van der Waals surface area contributed by atoms with Gasteiger partial charge in [-0.2, -0.15) is 4.98 Å². The number of rotatable bonds is 4. The SMILES string of the molecule is Cc1cc(C2CCCN2Cc2nc(C3CC3)no2)no1. The zero-order valence-corrected chi connectivity index (χ0v) is 11.6. The van der Waals surface area contributed by atoms with E-state index in [4.69, 9.17) is 9.05 Å². The first-order valence-corrected chi connectivity index (χ1v) is 7.29. The van der Waals surface area contributed by atoms with Crippen LogP contribution in [0.15, 0.2) is 15.1 Å². The smallest absolute Gasteiger partial charge is 0.240 e. The molecule has 3 heterocycles. The van der Waals surface area contributed by atoms with Crippen LogP contribution in [0.1, 0.15) is 60.8 Å². The summed E-state index contributed by atoms with van der Waals surface area (Å²) >= 11 is 0. The number of aromatic nitrogens is 3. The summed E-state index contributed by atoms with van der Waals surface area (Å²) in [6.07, 6.45) is 4.67. The second-order valence-electron chi connectivity index (χ2n) is 5.81. The molecule has 1 saturated carbocycles. The summed E-state index contributed by atoms with van der Waals surface area (Å²) in [4.78, 5) is 6.85. The zero-order valence-electron chi connectivity index (χ0n) is 11.6. The van der Waals surface area contributed by atoms with Crippen LogP contribution in [-0.2, 0) is 6.54 Å². The van der Waals surface area contributed by atoms with E-state index in [2.05, 4.69) is 20.2 Å². The van der Waals surface area contributed by atoms with E-state index >= 15 is 0 Å². The zero-order chi connectivity index (χ0) is 13.5. The topological polar surface area (TPSA) is 68.2 Å².